The van der Waals surface area contributed by atoms with E-state index in [-0.39, 0.29) is 11.3 Å². The van der Waals surface area contributed by atoms with Crippen LogP contribution >= 0.6 is 0 Å². The van der Waals surface area contributed by atoms with Crippen molar-refractivity contribution in [1.29, 1.82) is 0 Å². The average molecular weight is 780 g/mol. The van der Waals surface area contributed by atoms with Crippen molar-refractivity contribution in [2.24, 2.45) is 5.92 Å². The standard InChI is InChI=1S/C59H41NO/c1-3-16-40(17-4-1)46-38-39-56(51-23-8-7-20-48(46)51)60(44-34-30-41(31-35-44)47-25-15-26-53-52-24-11-14-29-57(52)61-58(47)53)45-36-32-43(33-37-45)59(42-18-5-2-6-19-42)54-27-12-9-21-49(54)50-22-10-13-28-55(50)59/h1-39,49,54H. The molecule has 10 aromatic rings. The maximum Gasteiger partial charge on any atom is 0.143 e. The molecule has 288 valence electrons. The van der Waals surface area contributed by atoms with Gasteiger partial charge in [-0.3, -0.25) is 0 Å². The zero-order chi connectivity index (χ0) is 40.3. The summed E-state index contributed by atoms with van der Waals surface area (Å²) in [6.07, 6.45) is 9.29. The van der Waals surface area contributed by atoms with E-state index in [1.165, 1.54) is 44.2 Å². The SMILES string of the molecule is C1=CC2c3ccccc3C(c3ccccc3)(c3ccc(N(c4ccc(-c5cccc6c5oc5ccccc56)cc4)c4ccc(-c5ccccc5)c5ccccc45)cc3)C2C=C1. The van der Waals surface area contributed by atoms with Gasteiger partial charge in [-0.2, -0.15) is 0 Å². The Kier molecular flexibility index (Phi) is 8.24. The molecule has 9 aromatic carbocycles. The van der Waals surface area contributed by atoms with Crippen LogP contribution in [0.5, 0.6) is 0 Å². The van der Waals surface area contributed by atoms with Crippen molar-refractivity contribution in [2.75, 3.05) is 4.90 Å². The van der Waals surface area contributed by atoms with Crippen LogP contribution in [0.4, 0.5) is 17.1 Å². The van der Waals surface area contributed by atoms with Crippen LogP contribution in [0.3, 0.4) is 0 Å². The predicted octanol–water partition coefficient (Wildman–Crippen LogP) is 15.7. The van der Waals surface area contributed by atoms with Gasteiger partial charge < -0.3 is 9.32 Å². The molecule has 0 saturated heterocycles. The van der Waals surface area contributed by atoms with Gasteiger partial charge >= 0.3 is 0 Å². The van der Waals surface area contributed by atoms with Gasteiger partial charge in [0.05, 0.1) is 11.1 Å². The van der Waals surface area contributed by atoms with Crippen molar-refractivity contribution >= 4 is 49.8 Å². The predicted molar refractivity (Wildman–Crippen MR) is 254 cm³/mol. The van der Waals surface area contributed by atoms with Gasteiger partial charge in [0.2, 0.25) is 0 Å². The van der Waals surface area contributed by atoms with Crippen LogP contribution in [0.2, 0.25) is 0 Å². The first kappa shape index (κ1) is 35.3. The number of hydrogen-bond acceptors (Lipinski definition) is 2. The van der Waals surface area contributed by atoms with Gasteiger partial charge in [0.1, 0.15) is 11.2 Å². The minimum absolute atomic E-state index is 0.248. The summed E-state index contributed by atoms with van der Waals surface area (Å²) in [5.74, 6) is 0.550. The summed E-state index contributed by atoms with van der Waals surface area (Å²) in [6.45, 7) is 0. The Balaban J connectivity index is 1.03. The second kappa shape index (κ2) is 14.3. The van der Waals surface area contributed by atoms with Crippen molar-refractivity contribution in [3.05, 3.63) is 259 Å². The normalized spacial score (nSPS) is 17.8. The number of nitrogens with zero attached hydrogens (tertiary/aromatic N) is 1. The topological polar surface area (TPSA) is 16.4 Å². The number of para-hydroxylation sites is 2. The summed E-state index contributed by atoms with van der Waals surface area (Å²) in [5.41, 5.74) is 14.8. The minimum Gasteiger partial charge on any atom is -0.455 e. The Labute approximate surface area is 356 Å². The van der Waals surface area contributed by atoms with Crippen LogP contribution in [0.15, 0.2) is 241 Å². The van der Waals surface area contributed by atoms with E-state index in [4.69, 9.17) is 4.42 Å². The molecule has 1 aromatic heterocycles. The number of allylic oxidation sites excluding steroid dienone is 4. The number of anilines is 3. The fourth-order valence-electron chi connectivity index (χ4n) is 10.6. The summed E-state index contributed by atoms with van der Waals surface area (Å²) in [7, 11) is 0. The molecule has 0 aliphatic heterocycles. The van der Waals surface area contributed by atoms with Gasteiger partial charge in [0, 0.05) is 44.9 Å². The van der Waals surface area contributed by atoms with Gasteiger partial charge in [0.15, 0.2) is 0 Å². The Morgan fingerprint density at radius 1 is 0.410 bits per heavy atom. The first-order valence-electron chi connectivity index (χ1n) is 21.3. The van der Waals surface area contributed by atoms with Crippen molar-refractivity contribution in [3.63, 3.8) is 0 Å². The maximum atomic E-state index is 6.48. The van der Waals surface area contributed by atoms with Crippen LogP contribution in [0.1, 0.15) is 28.2 Å². The van der Waals surface area contributed by atoms with E-state index in [9.17, 15) is 0 Å². The summed E-state index contributed by atoms with van der Waals surface area (Å²) >= 11 is 0. The lowest BCUT2D eigenvalue weighted by molar-refractivity contribution is 0.457. The summed E-state index contributed by atoms with van der Waals surface area (Å²) in [5, 5.41) is 4.68. The molecule has 2 aliphatic rings. The van der Waals surface area contributed by atoms with E-state index < -0.39 is 0 Å². The number of fused-ring (bicyclic) bond motifs is 7. The molecule has 0 radical (unpaired) electrons. The highest BCUT2D eigenvalue weighted by Crippen LogP contribution is 2.59. The zero-order valence-corrected chi connectivity index (χ0v) is 33.5. The monoisotopic (exact) mass is 779 g/mol. The molecule has 0 fully saturated rings. The van der Waals surface area contributed by atoms with Crippen molar-refractivity contribution < 1.29 is 4.42 Å². The molecular formula is C59H41NO. The Morgan fingerprint density at radius 2 is 1.02 bits per heavy atom. The molecule has 2 nitrogen and oxygen atoms in total. The van der Waals surface area contributed by atoms with E-state index in [2.05, 4.69) is 229 Å². The second-order valence-electron chi connectivity index (χ2n) is 16.3. The van der Waals surface area contributed by atoms with Gasteiger partial charge in [-0.05, 0) is 80.7 Å². The average Bonchev–Trinajstić information content (AvgIpc) is 3.87. The van der Waals surface area contributed by atoms with Crippen LogP contribution in [-0.2, 0) is 5.41 Å². The highest BCUT2D eigenvalue weighted by atomic mass is 16.3. The molecule has 3 unspecified atom stereocenters. The molecule has 0 saturated carbocycles. The highest BCUT2D eigenvalue weighted by molar-refractivity contribution is 6.10. The van der Waals surface area contributed by atoms with Gasteiger partial charge in [-0.1, -0.05) is 200 Å². The number of hydrogen-bond donors (Lipinski definition) is 0. The Bertz CT molecular complexity index is 3300. The van der Waals surface area contributed by atoms with E-state index in [1.807, 2.05) is 12.1 Å². The van der Waals surface area contributed by atoms with Gasteiger partial charge in [-0.25, -0.2) is 0 Å². The third kappa shape index (κ3) is 5.49. The first-order chi connectivity index (χ1) is 30.3. The largest absolute Gasteiger partial charge is 0.455 e. The van der Waals surface area contributed by atoms with Crippen LogP contribution < -0.4 is 4.90 Å². The molecule has 0 spiro atoms. The second-order valence-corrected chi connectivity index (χ2v) is 16.3. The molecule has 0 N–H and O–H groups in total. The van der Waals surface area contributed by atoms with Crippen molar-refractivity contribution in [2.45, 2.75) is 11.3 Å². The highest BCUT2D eigenvalue weighted by Gasteiger charge is 2.52. The Hall–Kier alpha value is -7.68. The van der Waals surface area contributed by atoms with Crippen molar-refractivity contribution in [1.82, 2.24) is 0 Å². The lowest BCUT2D eigenvalue weighted by Crippen LogP contribution is -2.35. The molecule has 2 heteroatoms. The van der Waals surface area contributed by atoms with Crippen molar-refractivity contribution in [3.8, 4) is 22.3 Å². The van der Waals surface area contributed by atoms with Crippen LogP contribution in [0, 0.1) is 5.92 Å². The molecular weight excluding hydrogens is 739 g/mol. The van der Waals surface area contributed by atoms with E-state index >= 15 is 0 Å². The number of rotatable bonds is 7. The number of benzene rings is 9. The molecule has 3 atom stereocenters. The third-order valence-corrected chi connectivity index (χ3v) is 13.3. The summed E-state index contributed by atoms with van der Waals surface area (Å²) < 4.78 is 6.48. The summed E-state index contributed by atoms with van der Waals surface area (Å²) in [6, 6.07) is 77.5. The number of furan rings is 1. The van der Waals surface area contributed by atoms with Crippen LogP contribution in [-0.4, -0.2) is 0 Å². The smallest absolute Gasteiger partial charge is 0.143 e. The molecule has 0 bridgehead atoms. The molecule has 61 heavy (non-hydrogen) atoms. The fourth-order valence-corrected chi connectivity index (χ4v) is 10.6. The lowest BCUT2D eigenvalue weighted by Gasteiger charge is -2.39. The maximum absolute atomic E-state index is 6.48. The van der Waals surface area contributed by atoms with E-state index in [0.717, 1.165) is 50.1 Å². The Morgan fingerprint density at radius 3 is 1.82 bits per heavy atom. The third-order valence-electron chi connectivity index (χ3n) is 13.3. The van der Waals surface area contributed by atoms with Crippen LogP contribution in [0.25, 0.3) is 55.0 Å². The minimum atomic E-state index is -0.351. The first-order valence-corrected chi connectivity index (χ1v) is 21.3. The molecule has 1 heterocycles. The van der Waals surface area contributed by atoms with Gasteiger partial charge in [0.25, 0.3) is 0 Å². The fraction of sp³-hybridized carbons (Fsp3) is 0.0508. The zero-order valence-electron chi connectivity index (χ0n) is 33.5. The quantitative estimate of drug-likeness (QED) is 0.160. The summed E-state index contributed by atoms with van der Waals surface area (Å²) in [4.78, 5) is 2.43. The molecule has 2 aliphatic carbocycles. The van der Waals surface area contributed by atoms with Gasteiger partial charge in [-0.15, -0.1) is 0 Å². The molecule has 0 amide bonds. The molecule has 12 rings (SSSR count). The lowest BCUT2D eigenvalue weighted by atomic mass is 9.63. The van der Waals surface area contributed by atoms with E-state index in [0.29, 0.717) is 5.92 Å². The van der Waals surface area contributed by atoms with E-state index in [1.54, 1.807) is 0 Å².